The number of ether oxygens (including phenoxy) is 4. The maximum atomic E-state index is 14.2. The fraction of sp³-hybridized carbons (Fsp3) is 0.731. The molecule has 4 saturated heterocycles. The second-order valence-electron chi connectivity index (χ2n) is 10.8. The summed E-state index contributed by atoms with van der Waals surface area (Å²) in [6.45, 7) is 1.26. The lowest BCUT2D eigenvalue weighted by molar-refractivity contribution is -0.205. The number of aromatic nitrogens is 1. The van der Waals surface area contributed by atoms with E-state index in [1.165, 1.54) is 20.6 Å². The van der Waals surface area contributed by atoms with Crippen LogP contribution in [0.5, 0.6) is 5.75 Å². The van der Waals surface area contributed by atoms with Gasteiger partial charge in [0.25, 0.3) is 16.1 Å². The third-order valence-corrected chi connectivity index (χ3v) is 10.2. The number of hydrogen-bond donors (Lipinski definition) is 1. The number of likely N-dealkylation sites (tertiary alicyclic amines) is 1. The summed E-state index contributed by atoms with van der Waals surface area (Å²) in [5, 5.41) is 0. The highest BCUT2D eigenvalue weighted by molar-refractivity contribution is 7.86. The van der Waals surface area contributed by atoms with Crippen LogP contribution in [-0.2, 0) is 34.1 Å². The van der Waals surface area contributed by atoms with Crippen molar-refractivity contribution in [1.29, 1.82) is 0 Å². The standard InChI is InChI=1S/C26H39N5O9S/c1-36-16-17-38-25(33)29-18-20-5-10-26(19-29,24(32)28-40-23-4-2-3-15-37-23)31(20)41(34,35)30-13-8-22(9-14-30)39-21-6-11-27-12-7-21/h6-7,11-12,20,22-23H,2-5,8-10,13-19H2,1H3,(H,28,32). The minimum atomic E-state index is -4.08. The average molecular weight is 598 g/mol. The highest BCUT2D eigenvalue weighted by Gasteiger charge is 2.63. The van der Waals surface area contributed by atoms with E-state index < -0.39 is 40.1 Å². The summed E-state index contributed by atoms with van der Waals surface area (Å²) in [7, 11) is -2.58. The van der Waals surface area contributed by atoms with Gasteiger partial charge in [-0.3, -0.25) is 9.78 Å². The molecule has 2 bridgehead atoms. The molecule has 4 aliphatic heterocycles. The van der Waals surface area contributed by atoms with Crippen LogP contribution in [0.15, 0.2) is 24.5 Å². The Balaban J connectivity index is 1.31. The van der Waals surface area contributed by atoms with Crippen LogP contribution in [0.3, 0.4) is 0 Å². The average Bonchev–Trinajstić information content (AvgIpc) is 3.25. The quantitative estimate of drug-likeness (QED) is 0.306. The van der Waals surface area contributed by atoms with Gasteiger partial charge in [0.1, 0.15) is 24.0 Å². The number of piperidine rings is 1. The normalized spacial score (nSPS) is 27.9. The first kappa shape index (κ1) is 29.9. The van der Waals surface area contributed by atoms with Crippen molar-refractivity contribution in [2.24, 2.45) is 0 Å². The van der Waals surface area contributed by atoms with Crippen molar-refractivity contribution in [2.75, 3.05) is 53.1 Å². The Morgan fingerprint density at radius 1 is 1.12 bits per heavy atom. The third-order valence-electron chi connectivity index (χ3n) is 8.07. The SMILES string of the molecule is COCCOC(=O)N1CC2CCC(C(=O)NOC3CCCCO3)(C1)N2S(=O)(=O)N1CCC(Oc2ccncc2)CC1. The number of fused-ring (bicyclic) bond motifs is 2. The molecule has 0 aromatic carbocycles. The van der Waals surface area contributed by atoms with Crippen LogP contribution in [0.2, 0.25) is 0 Å². The molecule has 0 spiro atoms. The summed E-state index contributed by atoms with van der Waals surface area (Å²) < 4.78 is 52.9. The minimum Gasteiger partial charge on any atom is -0.490 e. The molecule has 1 aromatic rings. The summed E-state index contributed by atoms with van der Waals surface area (Å²) >= 11 is 0. The van der Waals surface area contributed by atoms with Crippen LogP contribution >= 0.6 is 0 Å². The number of pyridine rings is 1. The molecule has 5 rings (SSSR count). The largest absolute Gasteiger partial charge is 0.490 e. The number of carbonyl (C=O) groups excluding carboxylic acids is 2. The predicted octanol–water partition coefficient (Wildman–Crippen LogP) is 1.05. The fourth-order valence-corrected chi connectivity index (χ4v) is 8.14. The Hall–Kier alpha value is -2.56. The Kier molecular flexibility index (Phi) is 9.61. The van der Waals surface area contributed by atoms with E-state index in [1.807, 2.05) is 0 Å². The van der Waals surface area contributed by atoms with Crippen molar-refractivity contribution < 1.29 is 41.8 Å². The first-order valence-electron chi connectivity index (χ1n) is 14.2. The van der Waals surface area contributed by atoms with Crippen molar-refractivity contribution in [3.05, 3.63) is 24.5 Å². The number of piperazine rings is 1. The first-order valence-corrected chi connectivity index (χ1v) is 15.6. The van der Waals surface area contributed by atoms with Crippen molar-refractivity contribution in [1.82, 2.24) is 24.0 Å². The molecule has 14 nitrogen and oxygen atoms in total. The third kappa shape index (κ3) is 6.60. The molecule has 3 unspecified atom stereocenters. The molecule has 1 aromatic heterocycles. The molecule has 15 heteroatoms. The highest BCUT2D eigenvalue weighted by Crippen LogP contribution is 2.43. The molecule has 1 N–H and O–H groups in total. The fourth-order valence-electron chi connectivity index (χ4n) is 6.00. The van der Waals surface area contributed by atoms with Crippen LogP contribution < -0.4 is 10.2 Å². The van der Waals surface area contributed by atoms with Crippen LogP contribution in [0.1, 0.15) is 44.9 Å². The molecule has 2 amide bonds. The zero-order valence-electron chi connectivity index (χ0n) is 23.3. The van der Waals surface area contributed by atoms with Gasteiger partial charge < -0.3 is 23.8 Å². The van der Waals surface area contributed by atoms with Crippen LogP contribution in [0.4, 0.5) is 4.79 Å². The van der Waals surface area contributed by atoms with E-state index in [-0.39, 0.29) is 51.9 Å². The van der Waals surface area contributed by atoms with Crippen molar-refractivity contribution in [3.63, 3.8) is 0 Å². The van der Waals surface area contributed by atoms with Gasteiger partial charge >= 0.3 is 6.09 Å². The lowest BCUT2D eigenvalue weighted by Gasteiger charge is -2.48. The van der Waals surface area contributed by atoms with E-state index in [0.717, 1.165) is 12.8 Å². The lowest BCUT2D eigenvalue weighted by Crippen LogP contribution is -2.71. The molecule has 5 heterocycles. The van der Waals surface area contributed by atoms with Gasteiger partial charge in [-0.05, 0) is 50.7 Å². The Bertz CT molecular complexity index is 1150. The topological polar surface area (TPSA) is 149 Å². The predicted molar refractivity (Wildman–Crippen MR) is 144 cm³/mol. The van der Waals surface area contributed by atoms with Gasteiger partial charge in [0.05, 0.1) is 13.2 Å². The molecular formula is C26H39N5O9S. The molecule has 41 heavy (non-hydrogen) atoms. The van der Waals surface area contributed by atoms with Crippen molar-refractivity contribution in [3.8, 4) is 5.75 Å². The van der Waals surface area contributed by atoms with E-state index in [4.69, 9.17) is 23.8 Å². The summed E-state index contributed by atoms with van der Waals surface area (Å²) in [5.41, 5.74) is 0.925. The summed E-state index contributed by atoms with van der Waals surface area (Å²) in [4.78, 5) is 37.6. The van der Waals surface area contributed by atoms with Crippen molar-refractivity contribution >= 4 is 22.2 Å². The zero-order chi connectivity index (χ0) is 28.9. The maximum absolute atomic E-state index is 14.2. The zero-order valence-corrected chi connectivity index (χ0v) is 24.1. The number of hydroxylamine groups is 1. The molecule has 0 radical (unpaired) electrons. The Morgan fingerprint density at radius 2 is 1.90 bits per heavy atom. The molecule has 0 aliphatic carbocycles. The number of nitrogens with one attached hydrogen (secondary N) is 1. The molecular weight excluding hydrogens is 558 g/mol. The lowest BCUT2D eigenvalue weighted by atomic mass is 9.96. The minimum absolute atomic E-state index is 0.0519. The Morgan fingerprint density at radius 3 is 2.61 bits per heavy atom. The molecule has 4 fully saturated rings. The number of hydrogen-bond acceptors (Lipinski definition) is 10. The van der Waals surface area contributed by atoms with Gasteiger partial charge in [-0.2, -0.15) is 17.0 Å². The highest BCUT2D eigenvalue weighted by atomic mass is 32.2. The second-order valence-corrected chi connectivity index (χ2v) is 12.6. The number of nitrogens with zero attached hydrogens (tertiary/aromatic N) is 4. The van der Waals surface area contributed by atoms with Crippen LogP contribution in [-0.4, -0.2) is 116 Å². The molecule has 3 atom stereocenters. The van der Waals surface area contributed by atoms with Gasteiger partial charge in [0, 0.05) is 58.2 Å². The van der Waals surface area contributed by atoms with Crippen LogP contribution in [0, 0.1) is 0 Å². The van der Waals surface area contributed by atoms with E-state index >= 15 is 0 Å². The summed E-state index contributed by atoms with van der Waals surface area (Å²) in [6, 6.07) is 2.94. The second kappa shape index (κ2) is 13.2. The maximum Gasteiger partial charge on any atom is 0.409 e. The molecule has 228 valence electrons. The van der Waals surface area contributed by atoms with Crippen LogP contribution in [0.25, 0.3) is 0 Å². The van der Waals surface area contributed by atoms with E-state index in [0.29, 0.717) is 38.0 Å². The monoisotopic (exact) mass is 597 g/mol. The number of rotatable bonds is 10. The van der Waals surface area contributed by atoms with Crippen molar-refractivity contribution in [2.45, 2.75) is 68.9 Å². The Labute approximate surface area is 240 Å². The number of carbonyl (C=O) groups is 2. The summed E-state index contributed by atoms with van der Waals surface area (Å²) in [5.74, 6) is 0.0634. The molecule has 4 aliphatic rings. The number of amides is 2. The van der Waals surface area contributed by atoms with Gasteiger partial charge in [0.2, 0.25) is 0 Å². The first-order chi connectivity index (χ1) is 19.8. The van der Waals surface area contributed by atoms with E-state index in [9.17, 15) is 18.0 Å². The van der Waals surface area contributed by atoms with Gasteiger partial charge in [-0.1, -0.05) is 0 Å². The number of methoxy groups -OCH3 is 1. The van der Waals surface area contributed by atoms with E-state index in [1.54, 1.807) is 24.5 Å². The molecule has 0 saturated carbocycles. The smallest absolute Gasteiger partial charge is 0.409 e. The van der Waals surface area contributed by atoms with Gasteiger partial charge in [0.15, 0.2) is 6.29 Å². The summed E-state index contributed by atoms with van der Waals surface area (Å²) in [6.07, 6.45) is 6.01. The van der Waals surface area contributed by atoms with Gasteiger partial charge in [-0.25, -0.2) is 15.1 Å². The van der Waals surface area contributed by atoms with E-state index in [2.05, 4.69) is 10.5 Å². The van der Waals surface area contributed by atoms with Gasteiger partial charge in [-0.15, -0.1) is 0 Å².